The molecule has 1 fully saturated rings. The minimum atomic E-state index is -0.161. The lowest BCUT2D eigenvalue weighted by Crippen LogP contribution is -2.33. The molecule has 9 nitrogen and oxygen atoms in total. The van der Waals surface area contributed by atoms with E-state index in [2.05, 4.69) is 34.8 Å². The number of ether oxygens (including phenoxy) is 3. The lowest BCUT2D eigenvalue weighted by Gasteiger charge is -2.29. The third-order valence-electron chi connectivity index (χ3n) is 5.80. The van der Waals surface area contributed by atoms with E-state index in [0.29, 0.717) is 41.4 Å². The number of nitrogens with zero attached hydrogens (tertiary/aromatic N) is 3. The van der Waals surface area contributed by atoms with Crippen molar-refractivity contribution in [2.24, 2.45) is 5.92 Å². The molecule has 1 heterocycles. The van der Waals surface area contributed by atoms with E-state index in [0.717, 1.165) is 37.8 Å². The Morgan fingerprint density at radius 3 is 2.31 bits per heavy atom. The van der Waals surface area contributed by atoms with Crippen molar-refractivity contribution in [2.45, 2.75) is 58.2 Å². The number of aromatic nitrogens is 3. The molecule has 0 saturated heterocycles. The molecule has 2 N–H and O–H groups in total. The Labute approximate surface area is 189 Å². The van der Waals surface area contributed by atoms with E-state index in [-0.39, 0.29) is 11.9 Å². The minimum absolute atomic E-state index is 0.161. The van der Waals surface area contributed by atoms with E-state index >= 15 is 0 Å². The van der Waals surface area contributed by atoms with Crippen LogP contribution in [0.25, 0.3) is 0 Å². The van der Waals surface area contributed by atoms with Crippen LogP contribution in [-0.2, 0) is 6.54 Å². The molecule has 0 atom stereocenters. The molecule has 9 heteroatoms. The summed E-state index contributed by atoms with van der Waals surface area (Å²) < 4.78 is 18.1. The SMILES string of the molecule is COc1cc(CNC2CCC(n3cc(C(=O)NCC(C)C)nn3)CC2)cc(OC)c1OC. The molecule has 1 aliphatic carbocycles. The molecule has 1 aromatic heterocycles. The van der Waals surface area contributed by atoms with Crippen LogP contribution in [0.5, 0.6) is 17.2 Å². The number of amides is 1. The molecule has 32 heavy (non-hydrogen) atoms. The Morgan fingerprint density at radius 1 is 1.09 bits per heavy atom. The quantitative estimate of drug-likeness (QED) is 0.580. The number of benzene rings is 1. The van der Waals surface area contributed by atoms with Gasteiger partial charge in [-0.05, 0) is 49.3 Å². The Bertz CT molecular complexity index is 865. The topological polar surface area (TPSA) is 99.5 Å². The summed E-state index contributed by atoms with van der Waals surface area (Å²) in [5.41, 5.74) is 1.46. The van der Waals surface area contributed by atoms with Crippen LogP contribution in [0.3, 0.4) is 0 Å². The molecule has 0 spiro atoms. The van der Waals surface area contributed by atoms with E-state index in [4.69, 9.17) is 14.2 Å². The van der Waals surface area contributed by atoms with Gasteiger partial charge in [0.2, 0.25) is 5.75 Å². The van der Waals surface area contributed by atoms with Crippen molar-refractivity contribution in [3.63, 3.8) is 0 Å². The van der Waals surface area contributed by atoms with Crippen LogP contribution >= 0.6 is 0 Å². The van der Waals surface area contributed by atoms with E-state index in [1.54, 1.807) is 27.5 Å². The molecule has 0 aliphatic heterocycles. The monoisotopic (exact) mass is 445 g/mol. The summed E-state index contributed by atoms with van der Waals surface area (Å²) in [7, 11) is 4.85. The highest BCUT2D eigenvalue weighted by Crippen LogP contribution is 2.38. The number of methoxy groups -OCH3 is 3. The first kappa shape index (κ1) is 23.8. The maximum absolute atomic E-state index is 12.2. The van der Waals surface area contributed by atoms with Crippen molar-refractivity contribution in [1.29, 1.82) is 0 Å². The molecular formula is C23H35N5O4. The molecule has 3 rings (SSSR count). The van der Waals surface area contributed by atoms with Gasteiger partial charge >= 0.3 is 0 Å². The van der Waals surface area contributed by atoms with Gasteiger partial charge in [-0.2, -0.15) is 0 Å². The van der Waals surface area contributed by atoms with Gasteiger partial charge in [0.15, 0.2) is 17.2 Å². The number of carbonyl (C=O) groups is 1. The maximum Gasteiger partial charge on any atom is 0.273 e. The summed E-state index contributed by atoms with van der Waals surface area (Å²) in [6.45, 7) is 5.47. The zero-order chi connectivity index (χ0) is 23.1. The Morgan fingerprint density at radius 2 is 1.75 bits per heavy atom. The van der Waals surface area contributed by atoms with Crippen molar-refractivity contribution >= 4 is 5.91 Å². The van der Waals surface area contributed by atoms with Gasteiger partial charge in [-0.3, -0.25) is 4.79 Å². The normalized spacial score (nSPS) is 18.4. The van der Waals surface area contributed by atoms with Gasteiger partial charge in [0.05, 0.1) is 33.6 Å². The fourth-order valence-electron chi connectivity index (χ4n) is 3.99. The highest BCUT2D eigenvalue weighted by Gasteiger charge is 2.24. The first-order valence-electron chi connectivity index (χ1n) is 11.2. The molecule has 0 unspecified atom stereocenters. The molecule has 0 radical (unpaired) electrons. The van der Waals surface area contributed by atoms with Crippen LogP contribution in [0.4, 0.5) is 0 Å². The zero-order valence-electron chi connectivity index (χ0n) is 19.7. The van der Waals surface area contributed by atoms with Gasteiger partial charge in [0.25, 0.3) is 5.91 Å². The molecule has 2 aromatic rings. The van der Waals surface area contributed by atoms with Crippen LogP contribution in [0.2, 0.25) is 0 Å². The summed E-state index contributed by atoms with van der Waals surface area (Å²) >= 11 is 0. The van der Waals surface area contributed by atoms with Gasteiger partial charge < -0.3 is 24.8 Å². The zero-order valence-corrected chi connectivity index (χ0v) is 19.7. The summed E-state index contributed by atoms with van der Waals surface area (Å²) in [5, 5.41) is 14.8. The van der Waals surface area contributed by atoms with Crippen molar-refractivity contribution in [2.75, 3.05) is 27.9 Å². The van der Waals surface area contributed by atoms with Crippen molar-refractivity contribution in [3.05, 3.63) is 29.6 Å². The molecule has 0 bridgehead atoms. The molecule has 1 aromatic carbocycles. The highest BCUT2D eigenvalue weighted by atomic mass is 16.5. The fraction of sp³-hybridized carbons (Fsp3) is 0.609. The molecule has 1 saturated carbocycles. The van der Waals surface area contributed by atoms with Gasteiger partial charge in [-0.15, -0.1) is 5.10 Å². The second-order valence-corrected chi connectivity index (χ2v) is 8.61. The summed E-state index contributed by atoms with van der Waals surface area (Å²) in [5.74, 6) is 2.16. The van der Waals surface area contributed by atoms with E-state index in [1.165, 1.54) is 0 Å². The third-order valence-corrected chi connectivity index (χ3v) is 5.80. The van der Waals surface area contributed by atoms with Crippen molar-refractivity contribution in [1.82, 2.24) is 25.6 Å². The lowest BCUT2D eigenvalue weighted by atomic mass is 9.91. The summed E-state index contributed by atoms with van der Waals surface area (Å²) in [4.78, 5) is 12.2. The van der Waals surface area contributed by atoms with Crippen molar-refractivity contribution < 1.29 is 19.0 Å². The fourth-order valence-corrected chi connectivity index (χ4v) is 3.99. The molecular weight excluding hydrogens is 410 g/mol. The van der Waals surface area contributed by atoms with Gasteiger partial charge in [0.1, 0.15) is 0 Å². The van der Waals surface area contributed by atoms with Crippen molar-refractivity contribution in [3.8, 4) is 17.2 Å². The number of hydrogen-bond donors (Lipinski definition) is 2. The average Bonchev–Trinajstić information content (AvgIpc) is 3.31. The Hall–Kier alpha value is -2.81. The second kappa shape index (κ2) is 11.2. The first-order valence-corrected chi connectivity index (χ1v) is 11.2. The number of hydrogen-bond acceptors (Lipinski definition) is 7. The predicted octanol–water partition coefficient (Wildman–Crippen LogP) is 2.96. The Kier molecular flexibility index (Phi) is 8.33. The van der Waals surface area contributed by atoms with E-state index in [9.17, 15) is 4.79 Å². The van der Waals surface area contributed by atoms with Crippen LogP contribution < -0.4 is 24.8 Å². The first-order chi connectivity index (χ1) is 15.4. The second-order valence-electron chi connectivity index (χ2n) is 8.61. The largest absolute Gasteiger partial charge is 0.493 e. The van der Waals surface area contributed by atoms with Gasteiger partial charge in [-0.1, -0.05) is 19.1 Å². The maximum atomic E-state index is 12.2. The smallest absolute Gasteiger partial charge is 0.273 e. The number of nitrogens with one attached hydrogen (secondary N) is 2. The standard InChI is InChI=1S/C23H35N5O4/c1-15(2)12-25-23(29)19-14-28(27-26-19)18-8-6-17(7-9-18)24-13-16-10-20(30-3)22(32-5)21(11-16)31-4/h10-11,14-15,17-18,24H,6-9,12-13H2,1-5H3,(H,25,29). The molecule has 176 valence electrons. The van der Waals surface area contributed by atoms with Crippen LogP contribution in [0, 0.1) is 5.92 Å². The van der Waals surface area contributed by atoms with Gasteiger partial charge in [-0.25, -0.2) is 4.68 Å². The van der Waals surface area contributed by atoms with Crippen LogP contribution in [0.1, 0.15) is 61.6 Å². The average molecular weight is 446 g/mol. The minimum Gasteiger partial charge on any atom is -0.493 e. The lowest BCUT2D eigenvalue weighted by molar-refractivity contribution is 0.0944. The number of rotatable bonds is 10. The highest BCUT2D eigenvalue weighted by molar-refractivity contribution is 5.91. The van der Waals surface area contributed by atoms with E-state index in [1.807, 2.05) is 16.8 Å². The summed E-state index contributed by atoms with van der Waals surface area (Å²) in [6, 6.07) is 4.64. The summed E-state index contributed by atoms with van der Waals surface area (Å²) in [6.07, 6.45) is 5.81. The van der Waals surface area contributed by atoms with Crippen LogP contribution in [-0.4, -0.2) is 54.8 Å². The predicted molar refractivity (Wildman–Crippen MR) is 121 cm³/mol. The van der Waals surface area contributed by atoms with Crippen LogP contribution in [0.15, 0.2) is 18.3 Å². The molecule has 1 aliphatic rings. The van der Waals surface area contributed by atoms with E-state index < -0.39 is 0 Å². The molecule has 1 amide bonds. The Balaban J connectivity index is 1.51. The third kappa shape index (κ3) is 5.91. The number of carbonyl (C=O) groups excluding carboxylic acids is 1. The van der Waals surface area contributed by atoms with Gasteiger partial charge in [0, 0.05) is 19.1 Å².